The van der Waals surface area contributed by atoms with Crippen LogP contribution in [0.1, 0.15) is 78.6 Å². The standard InChI is InChI=1S/C25H40O5/c1-14(5-8-22(29)30-4)17-6-7-18-23-19(13-21(28)25(17,18)3)24(2)10-9-16(26)11-15(24)12-20(23)27/h14-15,17-21,23,27-28H,5-13H2,1-4H3/t14-,15-,17-,18+,19?,20?,21+,23?,24+,25-/m1/s1. The van der Waals surface area contributed by atoms with E-state index in [0.29, 0.717) is 42.8 Å². The number of Topliss-reactive ketones (excluding diaryl/α,β-unsaturated/α-hetero) is 1. The molecule has 10 atom stereocenters. The molecule has 170 valence electrons. The van der Waals surface area contributed by atoms with Crippen molar-refractivity contribution in [3.63, 3.8) is 0 Å². The molecule has 4 aliphatic carbocycles. The first kappa shape index (κ1) is 22.3. The van der Waals surface area contributed by atoms with Crippen LogP contribution in [0.5, 0.6) is 0 Å². The molecule has 4 fully saturated rings. The molecule has 0 spiro atoms. The predicted octanol–water partition coefficient (Wildman–Crippen LogP) is 3.75. The minimum absolute atomic E-state index is 0.0503. The number of ketones is 1. The highest BCUT2D eigenvalue weighted by Crippen LogP contribution is 2.68. The van der Waals surface area contributed by atoms with Crippen LogP contribution in [-0.4, -0.2) is 41.3 Å². The number of carbonyl (C=O) groups is 2. The Labute approximate surface area is 180 Å². The van der Waals surface area contributed by atoms with Crippen LogP contribution in [0.15, 0.2) is 0 Å². The Morgan fingerprint density at radius 1 is 1.20 bits per heavy atom. The van der Waals surface area contributed by atoms with E-state index in [1.54, 1.807) is 0 Å². The third-order valence-electron chi connectivity index (χ3n) is 10.4. The van der Waals surface area contributed by atoms with E-state index in [9.17, 15) is 19.8 Å². The van der Waals surface area contributed by atoms with E-state index in [4.69, 9.17) is 4.74 Å². The summed E-state index contributed by atoms with van der Waals surface area (Å²) in [6.07, 6.45) is 6.15. The van der Waals surface area contributed by atoms with Gasteiger partial charge >= 0.3 is 5.97 Å². The van der Waals surface area contributed by atoms with Crippen molar-refractivity contribution in [3.8, 4) is 0 Å². The highest BCUT2D eigenvalue weighted by Gasteiger charge is 2.65. The van der Waals surface area contributed by atoms with Gasteiger partial charge in [0.2, 0.25) is 0 Å². The number of aliphatic hydroxyl groups excluding tert-OH is 2. The molecule has 5 heteroatoms. The first-order valence-corrected chi connectivity index (χ1v) is 12.1. The van der Waals surface area contributed by atoms with E-state index in [0.717, 1.165) is 38.5 Å². The molecule has 0 aromatic carbocycles. The van der Waals surface area contributed by atoms with Crippen LogP contribution in [-0.2, 0) is 14.3 Å². The number of fused-ring (bicyclic) bond motifs is 5. The second-order valence-corrected chi connectivity index (χ2v) is 11.4. The van der Waals surface area contributed by atoms with Crippen molar-refractivity contribution in [3.05, 3.63) is 0 Å². The number of esters is 1. The Morgan fingerprint density at radius 2 is 1.93 bits per heavy atom. The molecule has 0 aromatic heterocycles. The topological polar surface area (TPSA) is 83.8 Å². The third-order valence-corrected chi connectivity index (χ3v) is 10.4. The Hall–Kier alpha value is -0.940. The number of hydrogen-bond acceptors (Lipinski definition) is 5. The summed E-state index contributed by atoms with van der Waals surface area (Å²) in [4.78, 5) is 23.8. The highest BCUT2D eigenvalue weighted by atomic mass is 16.5. The number of methoxy groups -OCH3 is 1. The molecule has 0 saturated heterocycles. The van der Waals surface area contributed by atoms with Crippen LogP contribution >= 0.6 is 0 Å². The van der Waals surface area contributed by atoms with Gasteiger partial charge < -0.3 is 14.9 Å². The molecule has 0 bridgehead atoms. The molecule has 0 aliphatic heterocycles. The molecule has 2 N–H and O–H groups in total. The van der Waals surface area contributed by atoms with Gasteiger partial charge in [-0.25, -0.2) is 0 Å². The van der Waals surface area contributed by atoms with E-state index in [2.05, 4.69) is 20.8 Å². The minimum atomic E-state index is -0.391. The van der Waals surface area contributed by atoms with Gasteiger partial charge in [-0.15, -0.1) is 0 Å². The van der Waals surface area contributed by atoms with E-state index in [-0.39, 0.29) is 40.7 Å². The summed E-state index contributed by atoms with van der Waals surface area (Å²) in [6, 6.07) is 0. The zero-order chi connectivity index (χ0) is 21.8. The van der Waals surface area contributed by atoms with Crippen LogP contribution in [0.2, 0.25) is 0 Å². The number of ether oxygens (including phenoxy) is 1. The van der Waals surface area contributed by atoms with Crippen molar-refractivity contribution < 1.29 is 24.5 Å². The lowest BCUT2D eigenvalue weighted by Gasteiger charge is -2.63. The van der Waals surface area contributed by atoms with E-state index in [1.807, 2.05) is 0 Å². The zero-order valence-corrected chi connectivity index (χ0v) is 19.1. The number of carbonyl (C=O) groups excluding carboxylic acids is 2. The summed E-state index contributed by atoms with van der Waals surface area (Å²) in [5, 5.41) is 22.8. The molecule has 5 nitrogen and oxygen atoms in total. The van der Waals surface area contributed by atoms with E-state index >= 15 is 0 Å². The fourth-order valence-corrected chi connectivity index (χ4v) is 8.59. The van der Waals surface area contributed by atoms with Crippen molar-refractivity contribution in [1.82, 2.24) is 0 Å². The Bertz CT molecular complexity index is 691. The highest BCUT2D eigenvalue weighted by molar-refractivity contribution is 5.79. The molecular formula is C25H40O5. The fraction of sp³-hybridized carbons (Fsp3) is 0.920. The molecule has 0 heterocycles. The van der Waals surface area contributed by atoms with Crippen LogP contribution in [0, 0.1) is 46.3 Å². The summed E-state index contributed by atoms with van der Waals surface area (Å²) in [5.74, 6) is 1.92. The molecule has 4 saturated carbocycles. The van der Waals surface area contributed by atoms with Crippen LogP contribution < -0.4 is 0 Å². The smallest absolute Gasteiger partial charge is 0.305 e. The minimum Gasteiger partial charge on any atom is -0.469 e. The largest absolute Gasteiger partial charge is 0.469 e. The zero-order valence-electron chi connectivity index (χ0n) is 19.1. The summed E-state index contributed by atoms with van der Waals surface area (Å²) in [7, 11) is 1.43. The molecule has 4 rings (SSSR count). The van der Waals surface area contributed by atoms with Gasteiger partial charge in [0.15, 0.2) is 0 Å². The lowest BCUT2D eigenvalue weighted by Crippen LogP contribution is -2.62. The summed E-state index contributed by atoms with van der Waals surface area (Å²) in [6.45, 7) is 6.78. The maximum atomic E-state index is 12.1. The SMILES string of the molecule is COC(=O)CC[C@@H](C)[C@H]1CC[C@H]2C3C(O)C[C@H]4CC(=O)CC[C@]4(C)C3C[C@H](O)[C@]12C. The lowest BCUT2D eigenvalue weighted by molar-refractivity contribution is -0.201. The Balaban J connectivity index is 1.58. The molecule has 0 aromatic rings. The number of aliphatic hydroxyl groups is 2. The normalized spacial score (nSPS) is 49.0. The van der Waals surface area contributed by atoms with Crippen LogP contribution in [0.25, 0.3) is 0 Å². The van der Waals surface area contributed by atoms with Gasteiger partial charge in [-0.05, 0) is 84.9 Å². The number of rotatable bonds is 4. The van der Waals surface area contributed by atoms with Crippen LogP contribution in [0.4, 0.5) is 0 Å². The third kappa shape index (κ3) is 3.26. The second-order valence-electron chi connectivity index (χ2n) is 11.4. The maximum Gasteiger partial charge on any atom is 0.305 e. The summed E-state index contributed by atoms with van der Waals surface area (Å²) in [5.41, 5.74) is -0.167. The molecule has 30 heavy (non-hydrogen) atoms. The van der Waals surface area contributed by atoms with Gasteiger partial charge in [-0.3, -0.25) is 9.59 Å². The van der Waals surface area contributed by atoms with Crippen molar-refractivity contribution in [2.45, 2.75) is 90.8 Å². The quantitative estimate of drug-likeness (QED) is 0.677. The Kier molecular flexibility index (Phi) is 5.85. The van der Waals surface area contributed by atoms with E-state index < -0.39 is 6.10 Å². The Morgan fingerprint density at radius 3 is 2.63 bits per heavy atom. The monoisotopic (exact) mass is 420 g/mol. The molecule has 0 radical (unpaired) electrons. The first-order valence-electron chi connectivity index (χ1n) is 12.1. The molecular weight excluding hydrogens is 380 g/mol. The fourth-order valence-electron chi connectivity index (χ4n) is 8.59. The molecule has 4 aliphatic rings. The molecule has 0 amide bonds. The lowest BCUT2D eigenvalue weighted by atomic mass is 9.43. The maximum absolute atomic E-state index is 12.1. The van der Waals surface area contributed by atoms with Crippen molar-refractivity contribution in [2.75, 3.05) is 7.11 Å². The van der Waals surface area contributed by atoms with Gasteiger partial charge in [0.25, 0.3) is 0 Å². The predicted molar refractivity (Wildman–Crippen MR) is 113 cm³/mol. The number of hydrogen-bond donors (Lipinski definition) is 2. The summed E-state index contributed by atoms with van der Waals surface area (Å²) < 4.78 is 4.82. The van der Waals surface area contributed by atoms with Crippen molar-refractivity contribution in [2.24, 2.45) is 46.3 Å². The first-order chi connectivity index (χ1) is 14.1. The van der Waals surface area contributed by atoms with Crippen molar-refractivity contribution in [1.29, 1.82) is 0 Å². The molecule has 3 unspecified atom stereocenters. The average molecular weight is 421 g/mol. The van der Waals surface area contributed by atoms with E-state index in [1.165, 1.54) is 7.11 Å². The van der Waals surface area contributed by atoms with Gasteiger partial charge in [0.05, 0.1) is 19.3 Å². The van der Waals surface area contributed by atoms with Crippen molar-refractivity contribution >= 4 is 11.8 Å². The second kappa shape index (κ2) is 7.88. The van der Waals surface area contributed by atoms with Crippen LogP contribution in [0.3, 0.4) is 0 Å². The van der Waals surface area contributed by atoms with Gasteiger partial charge in [-0.2, -0.15) is 0 Å². The van der Waals surface area contributed by atoms with Gasteiger partial charge in [0.1, 0.15) is 5.78 Å². The summed E-state index contributed by atoms with van der Waals surface area (Å²) >= 11 is 0. The van der Waals surface area contributed by atoms with Gasteiger partial charge in [0, 0.05) is 19.3 Å². The average Bonchev–Trinajstić information content (AvgIpc) is 3.06. The van der Waals surface area contributed by atoms with Gasteiger partial charge in [-0.1, -0.05) is 20.8 Å².